The molecule has 0 saturated carbocycles. The summed E-state index contributed by atoms with van der Waals surface area (Å²) in [4.78, 5) is 11.2. The van der Waals surface area contributed by atoms with Crippen molar-refractivity contribution < 1.29 is 17.9 Å². The van der Waals surface area contributed by atoms with Crippen molar-refractivity contribution in [2.45, 2.75) is 17.7 Å². The maximum absolute atomic E-state index is 12.8. The zero-order valence-electron chi connectivity index (χ0n) is 12.3. The zero-order chi connectivity index (χ0) is 16.2. The first-order valence-electron chi connectivity index (χ1n) is 7.02. The first kappa shape index (κ1) is 17.4. The normalized spacial score (nSPS) is 15.9. The van der Waals surface area contributed by atoms with E-state index in [-0.39, 0.29) is 4.90 Å². The van der Waals surface area contributed by atoms with Gasteiger partial charge in [-0.1, -0.05) is 0 Å². The van der Waals surface area contributed by atoms with Crippen molar-refractivity contribution in [2.24, 2.45) is 0 Å². The van der Waals surface area contributed by atoms with Crippen LogP contribution in [-0.2, 0) is 14.8 Å². The number of ether oxygens (including phenoxy) is 1. The lowest BCUT2D eigenvalue weighted by molar-refractivity contribution is 0.112. The molecule has 1 aliphatic heterocycles. The molecule has 0 unspecified atom stereocenters. The first-order valence-corrected chi connectivity index (χ1v) is 9.25. The van der Waals surface area contributed by atoms with E-state index in [1.54, 1.807) is 13.2 Å². The average molecular weight is 391 g/mol. The van der Waals surface area contributed by atoms with Crippen molar-refractivity contribution >= 4 is 37.9 Å². The van der Waals surface area contributed by atoms with E-state index in [0.29, 0.717) is 48.3 Å². The number of methoxy groups -OCH3 is 1. The van der Waals surface area contributed by atoms with Crippen molar-refractivity contribution in [1.82, 2.24) is 4.31 Å². The maximum Gasteiger partial charge on any atom is 0.245 e. The molecule has 2 rings (SSSR count). The molecule has 1 saturated heterocycles. The quantitative estimate of drug-likeness (QED) is 0.569. The molecular weight excluding hydrogens is 372 g/mol. The number of nitrogens with one attached hydrogen (secondary N) is 1. The third-order valence-corrected chi connectivity index (χ3v) is 6.05. The minimum absolute atomic E-state index is 0.127. The fraction of sp³-hybridized carbons (Fsp3) is 0.500. The molecule has 0 aliphatic carbocycles. The Bertz CT molecular complexity index is 642. The second-order valence-electron chi connectivity index (χ2n) is 5.02. The van der Waals surface area contributed by atoms with E-state index < -0.39 is 10.0 Å². The highest BCUT2D eigenvalue weighted by atomic mass is 79.9. The molecule has 0 spiro atoms. The number of benzene rings is 1. The second-order valence-corrected chi connectivity index (χ2v) is 7.79. The van der Waals surface area contributed by atoms with Crippen LogP contribution >= 0.6 is 15.9 Å². The van der Waals surface area contributed by atoms with Crippen molar-refractivity contribution in [3.8, 4) is 0 Å². The summed E-state index contributed by atoms with van der Waals surface area (Å²) in [5, 5.41) is 3.07. The third kappa shape index (κ3) is 3.68. The van der Waals surface area contributed by atoms with E-state index in [0.717, 1.165) is 12.8 Å². The Morgan fingerprint density at radius 3 is 2.64 bits per heavy atom. The van der Waals surface area contributed by atoms with E-state index >= 15 is 0 Å². The SMILES string of the molecule is COCCNc1c(Br)cc(C=O)cc1S(=O)(=O)N1CCCC1. The summed E-state index contributed by atoms with van der Waals surface area (Å²) < 4.78 is 32.6. The van der Waals surface area contributed by atoms with Gasteiger partial charge in [0.1, 0.15) is 11.2 Å². The number of rotatable bonds is 7. The molecule has 1 aromatic carbocycles. The number of hydrogen-bond acceptors (Lipinski definition) is 5. The first-order chi connectivity index (χ1) is 10.5. The molecule has 0 atom stereocenters. The van der Waals surface area contributed by atoms with E-state index in [2.05, 4.69) is 21.2 Å². The van der Waals surface area contributed by atoms with Crippen LogP contribution in [0.1, 0.15) is 23.2 Å². The van der Waals surface area contributed by atoms with Crippen LogP contribution in [0, 0.1) is 0 Å². The van der Waals surface area contributed by atoms with Gasteiger partial charge < -0.3 is 10.1 Å². The molecule has 8 heteroatoms. The minimum Gasteiger partial charge on any atom is -0.383 e. The van der Waals surface area contributed by atoms with E-state index in [1.807, 2.05) is 0 Å². The van der Waals surface area contributed by atoms with Crippen LogP contribution in [0.4, 0.5) is 5.69 Å². The van der Waals surface area contributed by atoms with E-state index in [4.69, 9.17) is 4.74 Å². The number of carbonyl (C=O) groups excluding carboxylic acids is 1. The highest BCUT2D eigenvalue weighted by molar-refractivity contribution is 9.10. The number of nitrogens with zero attached hydrogens (tertiary/aromatic N) is 1. The summed E-state index contributed by atoms with van der Waals surface area (Å²) in [6.45, 7) is 1.95. The molecule has 0 amide bonds. The predicted molar refractivity (Wildman–Crippen MR) is 87.9 cm³/mol. The summed E-state index contributed by atoms with van der Waals surface area (Å²) >= 11 is 3.35. The average Bonchev–Trinajstić information content (AvgIpc) is 3.03. The lowest BCUT2D eigenvalue weighted by atomic mass is 10.2. The van der Waals surface area contributed by atoms with Gasteiger partial charge in [0.2, 0.25) is 10.0 Å². The highest BCUT2D eigenvalue weighted by Crippen LogP contribution is 2.34. The topological polar surface area (TPSA) is 75.7 Å². The summed E-state index contributed by atoms with van der Waals surface area (Å²) in [5.41, 5.74) is 0.788. The molecule has 1 aliphatic rings. The van der Waals surface area contributed by atoms with Gasteiger partial charge >= 0.3 is 0 Å². The van der Waals surface area contributed by atoms with Gasteiger partial charge in [-0.05, 0) is 40.9 Å². The Kier molecular flexibility index (Phi) is 5.96. The number of carbonyl (C=O) groups is 1. The summed E-state index contributed by atoms with van der Waals surface area (Å²) in [6.07, 6.45) is 2.37. The molecule has 1 aromatic rings. The number of aldehydes is 1. The van der Waals surface area contributed by atoms with E-state index in [1.165, 1.54) is 10.4 Å². The van der Waals surface area contributed by atoms with Gasteiger partial charge in [-0.3, -0.25) is 4.79 Å². The molecule has 6 nitrogen and oxygen atoms in total. The van der Waals surface area contributed by atoms with Crippen LogP contribution in [0.15, 0.2) is 21.5 Å². The Morgan fingerprint density at radius 2 is 2.05 bits per heavy atom. The summed E-state index contributed by atoms with van der Waals surface area (Å²) in [5.74, 6) is 0. The fourth-order valence-electron chi connectivity index (χ4n) is 2.39. The minimum atomic E-state index is -3.62. The van der Waals surface area contributed by atoms with Gasteiger partial charge in [-0.25, -0.2) is 8.42 Å². The predicted octanol–water partition coefficient (Wildman–Crippen LogP) is 2.10. The lowest BCUT2D eigenvalue weighted by Crippen LogP contribution is -2.29. The van der Waals surface area contributed by atoms with Crippen LogP contribution < -0.4 is 5.32 Å². The third-order valence-electron chi connectivity index (χ3n) is 3.50. The molecule has 0 aromatic heterocycles. The van der Waals surface area contributed by atoms with E-state index in [9.17, 15) is 13.2 Å². The van der Waals surface area contributed by atoms with Crippen molar-refractivity contribution in [3.05, 3.63) is 22.2 Å². The molecule has 122 valence electrons. The van der Waals surface area contributed by atoms with Crippen LogP contribution in [0.5, 0.6) is 0 Å². The molecule has 0 radical (unpaired) electrons. The number of sulfonamides is 1. The Balaban J connectivity index is 2.46. The molecule has 0 bridgehead atoms. The van der Waals surface area contributed by atoms with Crippen LogP contribution in [0.3, 0.4) is 0 Å². The molecule has 1 N–H and O–H groups in total. The van der Waals surface area contributed by atoms with Gasteiger partial charge in [0, 0.05) is 36.8 Å². The van der Waals surface area contributed by atoms with Gasteiger partial charge in [0.05, 0.1) is 12.3 Å². The van der Waals surface area contributed by atoms with Crippen molar-refractivity contribution in [3.63, 3.8) is 0 Å². The number of halogens is 1. The Morgan fingerprint density at radius 1 is 1.36 bits per heavy atom. The van der Waals surface area contributed by atoms with Crippen LogP contribution in [0.2, 0.25) is 0 Å². The monoisotopic (exact) mass is 390 g/mol. The number of hydrogen-bond donors (Lipinski definition) is 1. The van der Waals surface area contributed by atoms with Gasteiger partial charge in [0.25, 0.3) is 0 Å². The smallest absolute Gasteiger partial charge is 0.245 e. The largest absolute Gasteiger partial charge is 0.383 e. The number of anilines is 1. The standard InChI is InChI=1S/C14H19BrN2O4S/c1-21-7-4-16-14-12(15)8-11(10-18)9-13(14)22(19,20)17-5-2-3-6-17/h8-10,16H,2-7H2,1H3. The second kappa shape index (κ2) is 7.54. The Hall–Kier alpha value is -0.960. The Labute approximate surface area is 139 Å². The summed E-state index contributed by atoms with van der Waals surface area (Å²) in [6, 6.07) is 3.02. The van der Waals surface area contributed by atoms with Crippen LogP contribution in [-0.4, -0.2) is 52.4 Å². The summed E-state index contributed by atoms with van der Waals surface area (Å²) in [7, 11) is -2.04. The zero-order valence-corrected chi connectivity index (χ0v) is 14.7. The molecule has 1 heterocycles. The fourth-order valence-corrected chi connectivity index (χ4v) is 4.88. The van der Waals surface area contributed by atoms with Gasteiger partial charge in [-0.15, -0.1) is 0 Å². The lowest BCUT2D eigenvalue weighted by Gasteiger charge is -2.20. The van der Waals surface area contributed by atoms with Gasteiger partial charge in [-0.2, -0.15) is 4.31 Å². The molecule has 1 fully saturated rings. The van der Waals surface area contributed by atoms with Crippen molar-refractivity contribution in [1.29, 1.82) is 0 Å². The maximum atomic E-state index is 12.8. The highest BCUT2D eigenvalue weighted by Gasteiger charge is 2.30. The molecular formula is C14H19BrN2O4S. The van der Waals surface area contributed by atoms with Crippen LogP contribution in [0.25, 0.3) is 0 Å². The molecule has 22 heavy (non-hydrogen) atoms. The van der Waals surface area contributed by atoms with Gasteiger partial charge in [0.15, 0.2) is 0 Å². The van der Waals surface area contributed by atoms with Crippen molar-refractivity contribution in [2.75, 3.05) is 38.7 Å².